The average Bonchev–Trinajstić information content (AvgIpc) is 3.21. The molecule has 4 aromatic rings. The Hall–Kier alpha value is -4.18. The zero-order valence-electron chi connectivity index (χ0n) is 16.7. The van der Waals surface area contributed by atoms with Crippen molar-refractivity contribution in [1.29, 1.82) is 0 Å². The summed E-state index contributed by atoms with van der Waals surface area (Å²) in [4.78, 5) is 57.9. The van der Waals surface area contributed by atoms with Gasteiger partial charge in [0.05, 0.1) is 10.9 Å². The Morgan fingerprint density at radius 3 is 2.59 bits per heavy atom. The average molecular weight is 448 g/mol. The molecule has 0 saturated heterocycles. The predicted octanol–water partition coefficient (Wildman–Crippen LogP) is 3.06. The fourth-order valence-corrected chi connectivity index (χ4v) is 4.11. The third-order valence-electron chi connectivity index (χ3n) is 4.72. The number of carboxylic acid groups (broad SMARTS) is 1. The second kappa shape index (κ2) is 8.52. The minimum Gasteiger partial charge on any atom is -0.478 e. The quantitative estimate of drug-likeness (QED) is 0.433. The zero-order chi connectivity index (χ0) is 22.8. The van der Waals surface area contributed by atoms with Crippen molar-refractivity contribution in [2.45, 2.75) is 13.5 Å². The first-order valence-corrected chi connectivity index (χ1v) is 10.3. The van der Waals surface area contributed by atoms with E-state index in [4.69, 9.17) is 0 Å². The molecule has 0 fully saturated rings. The highest BCUT2D eigenvalue weighted by molar-refractivity contribution is 7.17. The third-order valence-corrected chi connectivity index (χ3v) is 5.59. The number of carbonyl (C=O) groups is 3. The van der Waals surface area contributed by atoms with E-state index in [0.717, 1.165) is 15.9 Å². The summed E-state index contributed by atoms with van der Waals surface area (Å²) in [6.45, 7) is 1.02. The highest BCUT2D eigenvalue weighted by Gasteiger charge is 2.21. The third kappa shape index (κ3) is 4.03. The topological polar surface area (TPSA) is 131 Å². The highest BCUT2D eigenvalue weighted by atomic mass is 32.1. The SMILES string of the molecule is CC(=O)c1cccc(NC(=O)Cn2c(-c3ccncc3)nc3scc(C(=O)O)c3c2=O)c1. The van der Waals surface area contributed by atoms with Crippen molar-refractivity contribution >= 4 is 44.9 Å². The standard InChI is InChI=1S/C22H16N4O5S/c1-12(27)14-3-2-4-15(9-14)24-17(28)10-26-19(13-5-7-23-8-6-13)25-20-18(21(26)29)16(11-32-20)22(30)31/h2-9,11H,10H2,1H3,(H,24,28)(H,30,31). The van der Waals surface area contributed by atoms with E-state index in [0.29, 0.717) is 16.8 Å². The lowest BCUT2D eigenvalue weighted by atomic mass is 10.1. The van der Waals surface area contributed by atoms with Gasteiger partial charge in [-0.2, -0.15) is 0 Å². The number of nitrogens with one attached hydrogen (secondary N) is 1. The van der Waals surface area contributed by atoms with Gasteiger partial charge >= 0.3 is 5.97 Å². The van der Waals surface area contributed by atoms with Crippen LogP contribution >= 0.6 is 11.3 Å². The van der Waals surface area contributed by atoms with Gasteiger partial charge in [-0.15, -0.1) is 11.3 Å². The van der Waals surface area contributed by atoms with Crippen molar-refractivity contribution in [2.24, 2.45) is 0 Å². The van der Waals surface area contributed by atoms with Crippen LogP contribution in [0.25, 0.3) is 21.6 Å². The van der Waals surface area contributed by atoms with Crippen LogP contribution in [0.4, 0.5) is 5.69 Å². The van der Waals surface area contributed by atoms with Gasteiger partial charge in [-0.1, -0.05) is 12.1 Å². The van der Waals surface area contributed by atoms with Crippen LogP contribution in [0.3, 0.4) is 0 Å². The van der Waals surface area contributed by atoms with Gasteiger partial charge in [0.25, 0.3) is 5.56 Å². The van der Waals surface area contributed by atoms with Gasteiger partial charge in [0.15, 0.2) is 5.78 Å². The van der Waals surface area contributed by atoms with E-state index in [1.807, 2.05) is 0 Å². The molecular weight excluding hydrogens is 432 g/mol. The lowest BCUT2D eigenvalue weighted by Crippen LogP contribution is -2.30. The van der Waals surface area contributed by atoms with Gasteiger partial charge in [0.1, 0.15) is 17.2 Å². The summed E-state index contributed by atoms with van der Waals surface area (Å²) in [5.41, 5.74) is 0.595. The number of thiophene rings is 1. The highest BCUT2D eigenvalue weighted by Crippen LogP contribution is 2.25. The number of aromatic carboxylic acids is 1. The Labute approximate surface area is 185 Å². The zero-order valence-corrected chi connectivity index (χ0v) is 17.5. The van der Waals surface area contributed by atoms with Crippen LogP contribution in [0.2, 0.25) is 0 Å². The van der Waals surface area contributed by atoms with Crippen molar-refractivity contribution < 1.29 is 19.5 Å². The molecule has 3 heterocycles. The molecule has 2 N–H and O–H groups in total. The molecule has 160 valence electrons. The molecule has 0 unspecified atom stereocenters. The molecule has 0 bridgehead atoms. The first kappa shape index (κ1) is 21.1. The maximum atomic E-state index is 13.3. The second-order valence-electron chi connectivity index (χ2n) is 6.88. The summed E-state index contributed by atoms with van der Waals surface area (Å²) >= 11 is 1.05. The maximum absolute atomic E-state index is 13.3. The van der Waals surface area contributed by atoms with Crippen LogP contribution in [-0.2, 0) is 11.3 Å². The van der Waals surface area contributed by atoms with Crippen LogP contribution in [0.1, 0.15) is 27.6 Å². The van der Waals surface area contributed by atoms with E-state index >= 15 is 0 Å². The van der Waals surface area contributed by atoms with Gasteiger partial charge < -0.3 is 10.4 Å². The fraction of sp³-hybridized carbons (Fsp3) is 0.0909. The van der Waals surface area contributed by atoms with E-state index in [2.05, 4.69) is 15.3 Å². The van der Waals surface area contributed by atoms with Gasteiger partial charge in [0.2, 0.25) is 5.91 Å². The molecule has 0 radical (unpaired) electrons. The Morgan fingerprint density at radius 2 is 1.91 bits per heavy atom. The number of anilines is 1. The van der Waals surface area contributed by atoms with E-state index in [1.54, 1.807) is 30.3 Å². The predicted molar refractivity (Wildman–Crippen MR) is 119 cm³/mol. The number of carbonyl (C=O) groups excluding carboxylic acids is 2. The molecular formula is C22H16N4O5S. The summed E-state index contributed by atoms with van der Waals surface area (Å²) in [6, 6.07) is 9.72. The summed E-state index contributed by atoms with van der Waals surface area (Å²) in [7, 11) is 0. The van der Waals surface area contributed by atoms with Crippen molar-refractivity contribution in [3.63, 3.8) is 0 Å². The molecule has 0 aliphatic rings. The second-order valence-corrected chi connectivity index (χ2v) is 7.74. The van der Waals surface area contributed by atoms with E-state index in [1.165, 1.54) is 30.8 Å². The van der Waals surface area contributed by atoms with Crippen LogP contribution in [0.5, 0.6) is 0 Å². The van der Waals surface area contributed by atoms with Crippen LogP contribution < -0.4 is 10.9 Å². The molecule has 0 aliphatic carbocycles. The number of pyridine rings is 1. The van der Waals surface area contributed by atoms with Gasteiger partial charge in [0, 0.05) is 34.6 Å². The Morgan fingerprint density at radius 1 is 1.16 bits per heavy atom. The monoisotopic (exact) mass is 448 g/mol. The summed E-state index contributed by atoms with van der Waals surface area (Å²) < 4.78 is 1.14. The van der Waals surface area contributed by atoms with Crippen molar-refractivity contribution in [2.75, 3.05) is 5.32 Å². The Bertz CT molecular complexity index is 1430. The Balaban J connectivity index is 1.78. The molecule has 9 nitrogen and oxygen atoms in total. The minimum absolute atomic E-state index is 0.0494. The minimum atomic E-state index is -1.25. The molecule has 4 rings (SSSR count). The molecule has 1 amide bonds. The molecule has 10 heteroatoms. The number of aromatic nitrogens is 3. The number of nitrogens with zero attached hydrogens (tertiary/aromatic N) is 3. The lowest BCUT2D eigenvalue weighted by molar-refractivity contribution is -0.116. The number of amides is 1. The molecule has 3 aromatic heterocycles. The molecule has 0 aliphatic heterocycles. The van der Waals surface area contributed by atoms with Crippen molar-refractivity contribution in [1.82, 2.24) is 14.5 Å². The van der Waals surface area contributed by atoms with E-state index < -0.39 is 24.0 Å². The first-order chi connectivity index (χ1) is 15.3. The number of carboxylic acids is 1. The number of fused-ring (bicyclic) bond motifs is 1. The van der Waals surface area contributed by atoms with Gasteiger partial charge in [-0.05, 0) is 31.2 Å². The Kier molecular flexibility index (Phi) is 5.61. The number of Topliss-reactive ketones (excluding diaryl/α,β-unsaturated/α-hetero) is 1. The van der Waals surface area contributed by atoms with Crippen molar-refractivity contribution in [3.05, 3.63) is 75.7 Å². The van der Waals surface area contributed by atoms with Gasteiger partial charge in [-0.3, -0.25) is 23.9 Å². The van der Waals surface area contributed by atoms with E-state index in [-0.39, 0.29) is 27.4 Å². The van der Waals surface area contributed by atoms with Crippen LogP contribution in [0.15, 0.2) is 59.0 Å². The number of benzene rings is 1. The molecule has 1 aromatic carbocycles. The van der Waals surface area contributed by atoms with E-state index in [9.17, 15) is 24.3 Å². The maximum Gasteiger partial charge on any atom is 0.337 e. The fourth-order valence-electron chi connectivity index (χ4n) is 3.21. The number of hydrogen-bond acceptors (Lipinski definition) is 7. The number of rotatable bonds is 6. The molecule has 0 atom stereocenters. The normalized spacial score (nSPS) is 10.8. The summed E-state index contributed by atoms with van der Waals surface area (Å²) in [5, 5.41) is 13.4. The molecule has 32 heavy (non-hydrogen) atoms. The van der Waals surface area contributed by atoms with Gasteiger partial charge in [-0.25, -0.2) is 9.78 Å². The number of hydrogen-bond donors (Lipinski definition) is 2. The largest absolute Gasteiger partial charge is 0.478 e. The number of ketones is 1. The molecule has 0 spiro atoms. The van der Waals surface area contributed by atoms with Crippen LogP contribution in [-0.4, -0.2) is 37.3 Å². The lowest BCUT2D eigenvalue weighted by Gasteiger charge is -2.13. The summed E-state index contributed by atoms with van der Waals surface area (Å²) in [6.07, 6.45) is 3.06. The smallest absolute Gasteiger partial charge is 0.337 e. The summed E-state index contributed by atoms with van der Waals surface area (Å²) in [5.74, 6) is -1.71. The van der Waals surface area contributed by atoms with Crippen LogP contribution in [0, 0.1) is 0 Å². The molecule has 0 saturated carbocycles. The van der Waals surface area contributed by atoms with Crippen molar-refractivity contribution in [3.8, 4) is 11.4 Å². The first-order valence-electron chi connectivity index (χ1n) is 9.41.